The summed E-state index contributed by atoms with van der Waals surface area (Å²) >= 11 is 0. The quantitative estimate of drug-likeness (QED) is 0.0996. The Morgan fingerprint density at radius 2 is 1.66 bits per heavy atom. The van der Waals surface area contributed by atoms with Gasteiger partial charge in [0.2, 0.25) is 0 Å². The first-order chi connectivity index (χ1) is 17.1. The average molecular weight is 566 g/mol. The van der Waals surface area contributed by atoms with Crippen LogP contribution in [0.4, 0.5) is 0 Å². The number of hydrogen-bond acceptors (Lipinski definition) is 9. The van der Waals surface area contributed by atoms with Crippen LogP contribution in [-0.4, -0.2) is 48.2 Å². The van der Waals surface area contributed by atoms with Gasteiger partial charge in [-0.15, -0.1) is 0 Å². The smallest absolute Gasteiger partial charge is 0.743 e. The van der Waals surface area contributed by atoms with Gasteiger partial charge >= 0.3 is 65.1 Å². The van der Waals surface area contributed by atoms with Crippen LogP contribution < -0.4 is 64.2 Å². The zero-order valence-electron chi connectivity index (χ0n) is 22.5. The van der Waals surface area contributed by atoms with Crippen LogP contribution in [0.1, 0.15) is 68.9 Å². The summed E-state index contributed by atoms with van der Waals surface area (Å²) < 4.78 is 39.0. The van der Waals surface area contributed by atoms with Gasteiger partial charge in [0.15, 0.2) is 0 Å². The second kappa shape index (κ2) is 18.5. The van der Waals surface area contributed by atoms with Gasteiger partial charge in [-0.3, -0.25) is 4.79 Å². The van der Waals surface area contributed by atoms with Gasteiger partial charge in [-0.05, 0) is 60.6 Å². The van der Waals surface area contributed by atoms with Gasteiger partial charge in [0.25, 0.3) is 0 Å². The van der Waals surface area contributed by atoms with Crippen molar-refractivity contribution in [3.05, 3.63) is 59.8 Å². The van der Waals surface area contributed by atoms with Crippen LogP contribution in [0, 0.1) is 11.8 Å². The van der Waals surface area contributed by atoms with Gasteiger partial charge in [0.05, 0.1) is 12.5 Å². The monoisotopic (exact) mass is 565 g/mol. The first kappa shape index (κ1) is 37.2. The summed E-state index contributed by atoms with van der Waals surface area (Å²) in [6, 6.07) is 12.3. The van der Waals surface area contributed by atoms with E-state index in [0.29, 0.717) is 19.3 Å². The molecule has 198 valence electrons. The molecule has 38 heavy (non-hydrogen) atoms. The Hall–Kier alpha value is -0.820. The van der Waals surface area contributed by atoms with Gasteiger partial charge < -0.3 is 24.3 Å². The number of carboxylic acid groups (broad SMARTS) is 1. The van der Waals surface area contributed by atoms with Crippen molar-refractivity contribution in [2.45, 2.75) is 62.8 Å². The first-order valence-electron chi connectivity index (χ1n) is 12.0. The maximum absolute atomic E-state index is 12.9. The summed E-state index contributed by atoms with van der Waals surface area (Å²) in [6.45, 7) is 3.38. The number of aliphatic hydroxyl groups is 1. The molecule has 0 fully saturated rings. The van der Waals surface area contributed by atoms with E-state index in [2.05, 4.69) is 4.98 Å². The molecule has 1 heterocycles. The van der Waals surface area contributed by atoms with E-state index in [1.165, 1.54) is 19.2 Å². The zero-order valence-corrected chi connectivity index (χ0v) is 27.4. The van der Waals surface area contributed by atoms with Crippen molar-refractivity contribution in [1.29, 1.82) is 0 Å². The minimum atomic E-state index is -4.65. The summed E-state index contributed by atoms with van der Waals surface area (Å²) in [6.07, 6.45) is 3.33. The van der Waals surface area contributed by atoms with E-state index in [-0.39, 0.29) is 97.0 Å². The standard InChI is InChI=1S/C26H35NO8S.2Na/c1-3-19(21-10-11-24(27-17-21)36(32,33)34)15-22(20-8-5-4-6-9-20)16-23(14-18(2)25(29)30)26(31)35-13-7-12-28;;/h4-6,8-11,17-19,22-23,28H,3,7,12-16H2,1-2H3,(H,29,30)(H,32,33,34);;/q;2*+1/p-2. The fourth-order valence-corrected chi connectivity index (χ4v) is 4.68. The van der Waals surface area contributed by atoms with Crippen molar-refractivity contribution in [1.82, 2.24) is 4.98 Å². The minimum absolute atomic E-state index is 0. The number of esters is 1. The van der Waals surface area contributed by atoms with Crippen LogP contribution >= 0.6 is 0 Å². The molecule has 9 nitrogen and oxygen atoms in total. The van der Waals surface area contributed by atoms with Crippen molar-refractivity contribution >= 4 is 22.1 Å². The van der Waals surface area contributed by atoms with E-state index in [1.807, 2.05) is 37.3 Å². The number of aliphatic hydroxyl groups excluding tert-OH is 1. The molecule has 12 heteroatoms. The maximum Gasteiger partial charge on any atom is 1.00 e. The third-order valence-corrected chi connectivity index (χ3v) is 7.06. The third-order valence-electron chi connectivity index (χ3n) is 6.31. The van der Waals surface area contributed by atoms with Gasteiger partial charge in [-0.2, -0.15) is 0 Å². The number of carboxylic acids is 1. The van der Waals surface area contributed by atoms with E-state index in [1.54, 1.807) is 6.07 Å². The number of pyridine rings is 1. The predicted molar refractivity (Wildman–Crippen MR) is 129 cm³/mol. The molecular weight excluding hydrogens is 532 g/mol. The molecule has 0 radical (unpaired) electrons. The Labute approximate surface area is 269 Å². The number of hydrogen-bond donors (Lipinski definition) is 1. The molecule has 1 N–H and O–H groups in total. The Morgan fingerprint density at radius 3 is 2.16 bits per heavy atom. The third kappa shape index (κ3) is 12.1. The molecule has 0 aliphatic rings. The van der Waals surface area contributed by atoms with Gasteiger partial charge in [-0.25, -0.2) is 13.4 Å². The van der Waals surface area contributed by atoms with Crippen LogP contribution in [-0.2, 0) is 24.4 Å². The summed E-state index contributed by atoms with van der Waals surface area (Å²) in [4.78, 5) is 28.1. The van der Waals surface area contributed by atoms with Crippen LogP contribution in [0.2, 0.25) is 0 Å². The maximum atomic E-state index is 12.9. The molecule has 0 amide bonds. The predicted octanol–water partition coefficient (Wildman–Crippen LogP) is -3.63. The van der Waals surface area contributed by atoms with Gasteiger partial charge in [0, 0.05) is 25.2 Å². The van der Waals surface area contributed by atoms with Gasteiger partial charge in [-0.1, -0.05) is 50.2 Å². The van der Waals surface area contributed by atoms with E-state index in [9.17, 15) is 27.7 Å². The van der Waals surface area contributed by atoms with Crippen LogP contribution in [0.5, 0.6) is 0 Å². The number of aromatic nitrogens is 1. The van der Waals surface area contributed by atoms with Crippen LogP contribution in [0.25, 0.3) is 0 Å². The number of aliphatic carboxylic acids is 1. The van der Waals surface area contributed by atoms with Crippen molar-refractivity contribution in [3.8, 4) is 0 Å². The fourth-order valence-electron chi connectivity index (χ4n) is 4.27. The molecule has 0 aliphatic carbocycles. The molecule has 0 bridgehead atoms. The van der Waals surface area contributed by atoms with E-state index < -0.39 is 38.9 Å². The molecule has 4 unspecified atom stereocenters. The second-order valence-corrected chi connectivity index (χ2v) is 10.3. The minimum Gasteiger partial charge on any atom is -0.743 e. The number of carbonyl (C=O) groups excluding carboxylic acids is 2. The number of ether oxygens (including phenoxy) is 1. The van der Waals surface area contributed by atoms with E-state index in [4.69, 9.17) is 9.84 Å². The number of rotatable bonds is 15. The summed E-state index contributed by atoms with van der Waals surface area (Å²) in [7, 11) is -4.65. The van der Waals surface area contributed by atoms with Crippen molar-refractivity contribution in [2.24, 2.45) is 11.8 Å². The normalized spacial score (nSPS) is 14.2. The molecule has 4 atom stereocenters. The summed E-state index contributed by atoms with van der Waals surface area (Å²) in [5, 5.41) is 19.9. The summed E-state index contributed by atoms with van der Waals surface area (Å²) in [5.74, 6) is -3.53. The topological polar surface area (TPSA) is 157 Å². The van der Waals surface area contributed by atoms with Crippen molar-refractivity contribution < 1.29 is 96.6 Å². The average Bonchev–Trinajstić information content (AvgIpc) is 2.85. The van der Waals surface area contributed by atoms with Crippen molar-refractivity contribution in [3.63, 3.8) is 0 Å². The van der Waals surface area contributed by atoms with E-state index in [0.717, 1.165) is 11.1 Å². The SMILES string of the molecule is CCC(CC(CC(CC(C)C(=O)[O-])C(=O)OCCCO)c1ccccc1)c1ccc(S(=O)(=O)[O-])nc1.[Na+].[Na+]. The molecule has 0 spiro atoms. The molecular formula is C26H33NNa2O8S. The largest absolute Gasteiger partial charge is 1.00 e. The van der Waals surface area contributed by atoms with Crippen LogP contribution in [0.3, 0.4) is 0 Å². The van der Waals surface area contributed by atoms with Gasteiger partial charge in [0.1, 0.15) is 15.1 Å². The van der Waals surface area contributed by atoms with Crippen molar-refractivity contribution in [2.75, 3.05) is 13.2 Å². The molecule has 2 aromatic rings. The Bertz CT molecular complexity index is 1080. The molecule has 0 saturated carbocycles. The zero-order chi connectivity index (χ0) is 26.7. The Morgan fingerprint density at radius 1 is 1.00 bits per heavy atom. The molecule has 0 aliphatic heterocycles. The van der Waals surface area contributed by atoms with E-state index >= 15 is 0 Å². The molecule has 2 rings (SSSR count). The van der Waals surface area contributed by atoms with Crippen LogP contribution in [0.15, 0.2) is 53.7 Å². The summed E-state index contributed by atoms with van der Waals surface area (Å²) in [5.41, 5.74) is 1.73. The molecule has 1 aromatic carbocycles. The second-order valence-electron chi connectivity index (χ2n) is 8.97. The molecule has 1 aromatic heterocycles. The number of nitrogens with zero attached hydrogens (tertiary/aromatic N) is 1. The molecule has 0 saturated heterocycles. The fraction of sp³-hybridized carbons (Fsp3) is 0.500. The number of benzene rings is 1. The number of carbonyl (C=O) groups is 2. The Balaban J connectivity index is 0.00000684. The first-order valence-corrected chi connectivity index (χ1v) is 13.4. The Kier molecular flexibility index (Phi) is 18.1.